The third kappa shape index (κ3) is 4.15. The number of hydrogen-bond acceptors (Lipinski definition) is 9. The molecule has 0 aliphatic carbocycles. The number of pyridine rings is 1. The molecular weight excluding hydrogens is 434 g/mol. The number of rotatable bonds is 6. The van der Waals surface area contributed by atoms with Crippen LogP contribution in [0.3, 0.4) is 0 Å². The molecule has 3 aromatic heterocycles. The first-order valence-electron chi connectivity index (χ1n) is 11.4. The van der Waals surface area contributed by atoms with Crippen LogP contribution in [0.1, 0.15) is 13.8 Å². The molecule has 5 rings (SSSR count). The van der Waals surface area contributed by atoms with Crippen molar-refractivity contribution < 1.29 is 4.74 Å². The van der Waals surface area contributed by atoms with Gasteiger partial charge < -0.3 is 30.6 Å². The van der Waals surface area contributed by atoms with Gasteiger partial charge >= 0.3 is 0 Å². The van der Waals surface area contributed by atoms with Crippen molar-refractivity contribution in [3.05, 3.63) is 47.0 Å². The molecule has 0 amide bonds. The van der Waals surface area contributed by atoms with Gasteiger partial charge in [0.2, 0.25) is 0 Å². The van der Waals surface area contributed by atoms with Gasteiger partial charge in [-0.3, -0.25) is 4.79 Å². The topological polar surface area (TPSA) is 128 Å². The second kappa shape index (κ2) is 8.92. The molecule has 1 aliphatic rings. The highest BCUT2D eigenvalue weighted by Gasteiger charge is 2.23. The van der Waals surface area contributed by atoms with Gasteiger partial charge in [0.05, 0.1) is 5.52 Å². The van der Waals surface area contributed by atoms with Gasteiger partial charge in [-0.1, -0.05) is 0 Å². The SMILES string of the molecule is C[C@@H]1CN(c2cc(Nc3ccc4c(c3)cc(OCCN)c(=O)n4C)n3ncnc3n2)C[C@H](C)N1. The van der Waals surface area contributed by atoms with Crippen molar-refractivity contribution in [3.8, 4) is 5.75 Å². The molecule has 178 valence electrons. The van der Waals surface area contributed by atoms with Gasteiger partial charge in [-0.25, -0.2) is 0 Å². The molecule has 0 saturated carbocycles. The zero-order chi connectivity index (χ0) is 23.8. The Kier molecular flexibility index (Phi) is 5.80. The number of anilines is 3. The molecule has 4 heterocycles. The number of nitrogens with two attached hydrogens (primary N) is 1. The van der Waals surface area contributed by atoms with Gasteiger partial charge in [-0.15, -0.1) is 0 Å². The zero-order valence-corrected chi connectivity index (χ0v) is 19.5. The van der Waals surface area contributed by atoms with Crippen LogP contribution in [0.15, 0.2) is 41.5 Å². The minimum absolute atomic E-state index is 0.191. The van der Waals surface area contributed by atoms with Crippen molar-refractivity contribution >= 4 is 34.0 Å². The van der Waals surface area contributed by atoms with E-state index in [0.29, 0.717) is 24.4 Å². The summed E-state index contributed by atoms with van der Waals surface area (Å²) in [6, 6.07) is 10.3. The van der Waals surface area contributed by atoms with E-state index in [-0.39, 0.29) is 17.9 Å². The van der Waals surface area contributed by atoms with E-state index in [9.17, 15) is 4.79 Å². The molecule has 0 unspecified atom stereocenters. The Labute approximate surface area is 196 Å². The molecule has 4 aromatic rings. The maximum absolute atomic E-state index is 12.6. The predicted octanol–water partition coefficient (Wildman–Crippen LogP) is 1.24. The normalized spacial score (nSPS) is 18.5. The van der Waals surface area contributed by atoms with Crippen LogP contribution < -0.4 is 31.6 Å². The highest BCUT2D eigenvalue weighted by Crippen LogP contribution is 2.26. The molecule has 2 atom stereocenters. The van der Waals surface area contributed by atoms with Crippen molar-refractivity contribution in [2.75, 3.05) is 36.5 Å². The van der Waals surface area contributed by atoms with E-state index in [1.807, 2.05) is 24.3 Å². The largest absolute Gasteiger partial charge is 0.487 e. The number of nitrogens with one attached hydrogen (secondary N) is 2. The first-order chi connectivity index (χ1) is 16.4. The molecule has 1 fully saturated rings. The Morgan fingerprint density at radius 3 is 2.76 bits per heavy atom. The van der Waals surface area contributed by atoms with Gasteiger partial charge in [0.1, 0.15) is 24.6 Å². The van der Waals surface area contributed by atoms with Crippen molar-refractivity contribution in [3.63, 3.8) is 0 Å². The average molecular weight is 464 g/mol. The third-order valence-corrected chi connectivity index (χ3v) is 5.96. The van der Waals surface area contributed by atoms with Crippen molar-refractivity contribution in [1.29, 1.82) is 0 Å². The summed E-state index contributed by atoms with van der Waals surface area (Å²) in [4.78, 5) is 23.9. The number of fused-ring (bicyclic) bond motifs is 2. The first kappa shape index (κ1) is 22.1. The maximum atomic E-state index is 12.6. The smallest absolute Gasteiger partial charge is 0.293 e. The van der Waals surface area contributed by atoms with Crippen molar-refractivity contribution in [1.82, 2.24) is 29.5 Å². The Morgan fingerprint density at radius 1 is 1.21 bits per heavy atom. The fourth-order valence-corrected chi connectivity index (χ4v) is 4.52. The summed E-state index contributed by atoms with van der Waals surface area (Å²) in [5, 5.41) is 12.2. The summed E-state index contributed by atoms with van der Waals surface area (Å²) < 4.78 is 8.82. The monoisotopic (exact) mass is 463 g/mol. The Bertz CT molecular complexity index is 1390. The maximum Gasteiger partial charge on any atom is 0.293 e. The lowest BCUT2D eigenvalue weighted by Gasteiger charge is -2.37. The van der Waals surface area contributed by atoms with Crippen LogP contribution in [0.25, 0.3) is 16.7 Å². The van der Waals surface area contributed by atoms with Gasteiger partial charge in [0.15, 0.2) is 5.75 Å². The van der Waals surface area contributed by atoms with Crippen LogP contribution in [0.2, 0.25) is 0 Å². The summed E-state index contributed by atoms with van der Waals surface area (Å²) in [6.07, 6.45) is 1.50. The standard InChI is InChI=1S/C23H29N9O2/c1-14-11-31(12-15(2)27-14)20-10-21(32-23(29-20)25-13-26-32)28-17-4-5-18-16(8-17)9-19(34-7-6-24)22(33)30(18)3/h4-5,8-10,13-15,27-28H,6-7,11-12,24H2,1-3H3/t14-,15+. The Hall–Kier alpha value is -3.70. The van der Waals surface area contributed by atoms with Crippen LogP contribution >= 0.6 is 0 Å². The second-order valence-corrected chi connectivity index (χ2v) is 8.75. The zero-order valence-electron chi connectivity index (χ0n) is 19.5. The Balaban J connectivity index is 1.52. The minimum atomic E-state index is -0.191. The molecule has 1 aromatic carbocycles. The average Bonchev–Trinajstić information content (AvgIpc) is 3.29. The molecule has 1 aliphatic heterocycles. The quantitative estimate of drug-likeness (QED) is 0.387. The number of benzene rings is 1. The lowest BCUT2D eigenvalue weighted by Crippen LogP contribution is -2.54. The van der Waals surface area contributed by atoms with Gasteiger partial charge in [0.25, 0.3) is 11.3 Å². The highest BCUT2D eigenvalue weighted by atomic mass is 16.5. The summed E-state index contributed by atoms with van der Waals surface area (Å²) in [5.74, 6) is 2.41. The third-order valence-electron chi connectivity index (χ3n) is 5.96. The summed E-state index contributed by atoms with van der Waals surface area (Å²) >= 11 is 0. The molecule has 34 heavy (non-hydrogen) atoms. The van der Waals surface area contributed by atoms with Gasteiger partial charge in [0, 0.05) is 55.9 Å². The fraction of sp³-hybridized carbons (Fsp3) is 0.391. The number of aryl methyl sites for hydroxylation is 1. The molecular formula is C23H29N9O2. The second-order valence-electron chi connectivity index (χ2n) is 8.75. The van der Waals surface area contributed by atoms with E-state index < -0.39 is 0 Å². The lowest BCUT2D eigenvalue weighted by atomic mass is 10.1. The molecule has 11 heteroatoms. The predicted molar refractivity (Wildman–Crippen MR) is 132 cm³/mol. The van der Waals surface area contributed by atoms with E-state index in [0.717, 1.165) is 41.3 Å². The highest BCUT2D eigenvalue weighted by molar-refractivity contribution is 5.85. The molecule has 0 bridgehead atoms. The number of aromatic nitrogens is 5. The van der Waals surface area contributed by atoms with Crippen molar-refractivity contribution in [2.24, 2.45) is 12.8 Å². The Morgan fingerprint density at radius 2 is 2.00 bits per heavy atom. The summed E-state index contributed by atoms with van der Waals surface area (Å²) in [6.45, 7) is 6.68. The first-order valence-corrected chi connectivity index (χ1v) is 11.4. The van der Waals surface area contributed by atoms with Gasteiger partial charge in [-0.05, 0) is 38.1 Å². The van der Waals surface area contributed by atoms with E-state index >= 15 is 0 Å². The van der Waals surface area contributed by atoms with Crippen LogP contribution in [0.4, 0.5) is 17.3 Å². The summed E-state index contributed by atoms with van der Waals surface area (Å²) in [5.41, 5.74) is 6.99. The van der Waals surface area contributed by atoms with Gasteiger partial charge in [-0.2, -0.15) is 19.6 Å². The number of hydrogen-bond donors (Lipinski definition) is 3. The van der Waals surface area contributed by atoms with Crippen LogP contribution in [0, 0.1) is 0 Å². The van der Waals surface area contributed by atoms with E-state index in [4.69, 9.17) is 15.5 Å². The van der Waals surface area contributed by atoms with Crippen molar-refractivity contribution in [2.45, 2.75) is 25.9 Å². The minimum Gasteiger partial charge on any atom is -0.487 e. The number of ether oxygens (including phenoxy) is 1. The molecule has 4 N–H and O–H groups in total. The van der Waals surface area contributed by atoms with E-state index in [1.165, 1.54) is 6.33 Å². The molecule has 11 nitrogen and oxygen atoms in total. The van der Waals surface area contributed by atoms with Crippen LogP contribution in [0.5, 0.6) is 5.75 Å². The van der Waals surface area contributed by atoms with E-state index in [2.05, 4.69) is 39.5 Å². The summed E-state index contributed by atoms with van der Waals surface area (Å²) in [7, 11) is 1.73. The fourth-order valence-electron chi connectivity index (χ4n) is 4.52. The molecule has 0 spiro atoms. The van der Waals surface area contributed by atoms with E-state index in [1.54, 1.807) is 22.2 Å². The number of piperazine rings is 1. The number of nitrogens with zero attached hydrogens (tertiary/aromatic N) is 6. The van der Waals surface area contributed by atoms with Crippen LogP contribution in [-0.4, -0.2) is 62.5 Å². The molecule has 0 radical (unpaired) electrons. The van der Waals surface area contributed by atoms with Crippen LogP contribution in [-0.2, 0) is 7.05 Å². The lowest BCUT2D eigenvalue weighted by molar-refractivity contribution is 0.322. The molecule has 1 saturated heterocycles.